The van der Waals surface area contributed by atoms with Crippen molar-refractivity contribution in [2.24, 2.45) is 0 Å². The highest BCUT2D eigenvalue weighted by Gasteiger charge is 2.14. The van der Waals surface area contributed by atoms with Crippen LogP contribution in [0, 0.1) is 0 Å². The van der Waals surface area contributed by atoms with Gasteiger partial charge in [0.1, 0.15) is 0 Å². The SMILES string of the molecule is CC(=O)N[C@@H](C)c1ccc(C(=O)COC(=O)c2ccco2)cc1. The molecule has 1 heterocycles. The number of ketones is 1. The predicted octanol–water partition coefficient (Wildman–Crippen LogP) is 2.52. The van der Waals surface area contributed by atoms with E-state index in [2.05, 4.69) is 5.32 Å². The number of hydrogen-bond donors (Lipinski definition) is 1. The molecule has 0 saturated carbocycles. The Bertz CT molecular complexity index is 688. The fourth-order valence-electron chi connectivity index (χ4n) is 2.03. The molecule has 0 aliphatic heterocycles. The summed E-state index contributed by atoms with van der Waals surface area (Å²) in [6.45, 7) is 2.94. The molecular weight excluding hydrogens is 298 g/mol. The summed E-state index contributed by atoms with van der Waals surface area (Å²) in [5.41, 5.74) is 1.31. The fraction of sp³-hybridized carbons (Fsp3) is 0.235. The van der Waals surface area contributed by atoms with E-state index >= 15 is 0 Å². The lowest BCUT2D eigenvalue weighted by Crippen LogP contribution is -2.23. The number of hydrogen-bond acceptors (Lipinski definition) is 5. The Morgan fingerprint density at radius 1 is 1.17 bits per heavy atom. The summed E-state index contributed by atoms with van der Waals surface area (Å²) in [6, 6.07) is 9.66. The molecule has 1 aromatic heterocycles. The van der Waals surface area contributed by atoms with Crippen molar-refractivity contribution in [1.82, 2.24) is 5.32 Å². The third-order valence-electron chi connectivity index (χ3n) is 3.21. The van der Waals surface area contributed by atoms with Gasteiger partial charge in [0.2, 0.25) is 11.7 Å². The van der Waals surface area contributed by atoms with Gasteiger partial charge in [-0.1, -0.05) is 24.3 Å². The molecule has 1 amide bonds. The molecular formula is C17H17NO5. The molecule has 6 heteroatoms. The summed E-state index contributed by atoms with van der Waals surface area (Å²) in [4.78, 5) is 34.6. The molecule has 0 spiro atoms. The zero-order valence-electron chi connectivity index (χ0n) is 12.9. The Balaban J connectivity index is 1.92. The molecule has 0 fully saturated rings. The van der Waals surface area contributed by atoms with Crippen LogP contribution in [0.3, 0.4) is 0 Å². The Kier molecular flexibility index (Phi) is 5.30. The first-order valence-corrected chi connectivity index (χ1v) is 7.08. The highest BCUT2D eigenvalue weighted by Crippen LogP contribution is 2.14. The maximum atomic E-state index is 12.0. The molecule has 0 saturated heterocycles. The van der Waals surface area contributed by atoms with Gasteiger partial charge in [0.05, 0.1) is 12.3 Å². The van der Waals surface area contributed by atoms with Crippen molar-refractivity contribution in [1.29, 1.82) is 0 Å². The molecule has 0 unspecified atom stereocenters. The molecule has 0 aliphatic carbocycles. The number of amides is 1. The minimum Gasteiger partial charge on any atom is -0.457 e. The first-order valence-electron chi connectivity index (χ1n) is 7.08. The van der Waals surface area contributed by atoms with Gasteiger partial charge < -0.3 is 14.5 Å². The van der Waals surface area contributed by atoms with Gasteiger partial charge in [0.25, 0.3) is 0 Å². The molecule has 2 aromatic rings. The monoisotopic (exact) mass is 315 g/mol. The van der Waals surface area contributed by atoms with Crippen molar-refractivity contribution in [2.45, 2.75) is 19.9 Å². The summed E-state index contributed by atoms with van der Waals surface area (Å²) in [5, 5.41) is 2.76. The third kappa shape index (κ3) is 4.54. The molecule has 23 heavy (non-hydrogen) atoms. The lowest BCUT2D eigenvalue weighted by Gasteiger charge is -2.13. The van der Waals surface area contributed by atoms with Gasteiger partial charge in [-0.2, -0.15) is 0 Å². The van der Waals surface area contributed by atoms with Crippen LogP contribution >= 0.6 is 0 Å². The van der Waals surface area contributed by atoms with Gasteiger partial charge in [-0.15, -0.1) is 0 Å². The molecule has 1 aromatic carbocycles. The Morgan fingerprint density at radius 2 is 1.87 bits per heavy atom. The van der Waals surface area contributed by atoms with Gasteiger partial charge in [-0.05, 0) is 24.6 Å². The van der Waals surface area contributed by atoms with Crippen molar-refractivity contribution < 1.29 is 23.5 Å². The number of esters is 1. The summed E-state index contributed by atoms with van der Waals surface area (Å²) in [7, 11) is 0. The van der Waals surface area contributed by atoms with E-state index in [0.717, 1.165) is 5.56 Å². The molecule has 0 bridgehead atoms. The quantitative estimate of drug-likeness (QED) is 0.654. The van der Waals surface area contributed by atoms with Gasteiger partial charge in [0, 0.05) is 12.5 Å². The van der Waals surface area contributed by atoms with Crippen LogP contribution in [-0.2, 0) is 9.53 Å². The number of rotatable bonds is 6. The second-order valence-electron chi connectivity index (χ2n) is 5.02. The maximum Gasteiger partial charge on any atom is 0.374 e. The van der Waals surface area contributed by atoms with Crippen LogP contribution in [0.4, 0.5) is 0 Å². The van der Waals surface area contributed by atoms with Crippen LogP contribution in [0.15, 0.2) is 47.1 Å². The van der Waals surface area contributed by atoms with E-state index in [1.165, 1.54) is 19.3 Å². The van der Waals surface area contributed by atoms with Crippen molar-refractivity contribution in [2.75, 3.05) is 6.61 Å². The number of carbonyl (C=O) groups is 3. The largest absolute Gasteiger partial charge is 0.457 e. The number of carbonyl (C=O) groups excluding carboxylic acids is 3. The summed E-state index contributed by atoms with van der Waals surface area (Å²) < 4.78 is 9.78. The molecule has 6 nitrogen and oxygen atoms in total. The highest BCUT2D eigenvalue weighted by atomic mass is 16.5. The zero-order chi connectivity index (χ0) is 16.8. The van der Waals surface area contributed by atoms with Crippen molar-refractivity contribution in [3.05, 3.63) is 59.5 Å². The van der Waals surface area contributed by atoms with Gasteiger partial charge >= 0.3 is 5.97 Å². The smallest absolute Gasteiger partial charge is 0.374 e. The van der Waals surface area contributed by atoms with Crippen LogP contribution in [0.1, 0.15) is 46.4 Å². The zero-order valence-corrected chi connectivity index (χ0v) is 12.9. The lowest BCUT2D eigenvalue weighted by molar-refractivity contribution is -0.119. The van der Waals surface area contributed by atoms with Crippen LogP contribution in [0.5, 0.6) is 0 Å². The van der Waals surface area contributed by atoms with Crippen LogP contribution in [0.25, 0.3) is 0 Å². The summed E-state index contributed by atoms with van der Waals surface area (Å²) in [5.74, 6) is -1.07. The minimum absolute atomic E-state index is 0.0530. The number of benzene rings is 1. The van der Waals surface area contributed by atoms with Gasteiger partial charge in [0.15, 0.2) is 12.4 Å². The normalized spacial score (nSPS) is 11.6. The van der Waals surface area contributed by atoms with E-state index in [0.29, 0.717) is 5.56 Å². The van der Waals surface area contributed by atoms with Crippen molar-refractivity contribution >= 4 is 17.7 Å². The predicted molar refractivity (Wildman–Crippen MR) is 82.0 cm³/mol. The van der Waals surface area contributed by atoms with Crippen LogP contribution in [0.2, 0.25) is 0 Å². The summed E-state index contributed by atoms with van der Waals surface area (Å²) >= 11 is 0. The van der Waals surface area contributed by atoms with Gasteiger partial charge in [-0.25, -0.2) is 4.79 Å². The number of ether oxygens (including phenoxy) is 1. The van der Waals surface area contributed by atoms with Crippen LogP contribution < -0.4 is 5.32 Å². The highest BCUT2D eigenvalue weighted by molar-refractivity contribution is 5.98. The first-order chi connectivity index (χ1) is 11.0. The van der Waals surface area contributed by atoms with E-state index in [1.807, 2.05) is 6.92 Å². The van der Waals surface area contributed by atoms with Crippen molar-refractivity contribution in [3.63, 3.8) is 0 Å². The lowest BCUT2D eigenvalue weighted by atomic mass is 10.0. The number of Topliss-reactive ketones (excluding diaryl/α,β-unsaturated/α-hetero) is 1. The maximum absolute atomic E-state index is 12.0. The fourth-order valence-corrected chi connectivity index (χ4v) is 2.03. The second-order valence-corrected chi connectivity index (χ2v) is 5.02. The van der Waals surface area contributed by atoms with E-state index in [-0.39, 0.29) is 30.1 Å². The average Bonchev–Trinajstić information content (AvgIpc) is 3.06. The number of furan rings is 1. The molecule has 0 aliphatic rings. The Hall–Kier alpha value is -2.89. The minimum atomic E-state index is -0.681. The van der Waals surface area contributed by atoms with Crippen molar-refractivity contribution in [3.8, 4) is 0 Å². The molecule has 1 atom stereocenters. The molecule has 0 radical (unpaired) electrons. The summed E-state index contributed by atoms with van der Waals surface area (Å²) in [6.07, 6.45) is 1.35. The Morgan fingerprint density at radius 3 is 2.43 bits per heavy atom. The first kappa shape index (κ1) is 16.5. The second kappa shape index (κ2) is 7.40. The standard InChI is InChI=1S/C17H17NO5/c1-11(18-12(2)19)13-5-7-14(8-6-13)15(20)10-23-17(21)16-4-3-9-22-16/h3-9,11H,10H2,1-2H3,(H,18,19)/t11-/m0/s1. The average molecular weight is 315 g/mol. The van der Waals surface area contributed by atoms with E-state index in [9.17, 15) is 14.4 Å². The van der Waals surface area contributed by atoms with E-state index in [4.69, 9.17) is 9.15 Å². The van der Waals surface area contributed by atoms with E-state index in [1.54, 1.807) is 30.3 Å². The molecule has 2 rings (SSSR count). The molecule has 120 valence electrons. The van der Waals surface area contributed by atoms with E-state index < -0.39 is 5.97 Å². The van der Waals surface area contributed by atoms with Crippen LogP contribution in [-0.4, -0.2) is 24.3 Å². The molecule has 1 N–H and O–H groups in total. The Labute approximate surface area is 133 Å². The third-order valence-corrected chi connectivity index (χ3v) is 3.21. The number of nitrogens with one attached hydrogen (secondary N) is 1. The topological polar surface area (TPSA) is 85.6 Å². The van der Waals surface area contributed by atoms with Gasteiger partial charge in [-0.3, -0.25) is 9.59 Å².